The Hall–Kier alpha value is -11.0. The Bertz CT molecular complexity index is 6230. The molecule has 686 valence electrons. The summed E-state index contributed by atoms with van der Waals surface area (Å²) in [6.07, 6.45) is 13.1. The van der Waals surface area contributed by atoms with E-state index in [4.69, 9.17) is 9.47 Å². The molecule has 0 amide bonds. The van der Waals surface area contributed by atoms with Crippen LogP contribution in [0.15, 0.2) is 159 Å². The van der Waals surface area contributed by atoms with E-state index < -0.39 is 132 Å². The average molecular weight is 1850 g/mol. The number of rotatable bonds is 34. The first kappa shape index (κ1) is 97.6. The van der Waals surface area contributed by atoms with Crippen molar-refractivity contribution < 1.29 is 78.3 Å². The SMILES string of the molecule is CCCS(=O)(=O)Cc1ccc(F)c(-n2cc(-c3ccc(NC4CCN(CCOC)CC4)nc3)nn2)c1F.CCCS(=O)(=O)Cc1ccc(F)c(-n2cc(-c3cccc(N4CCN(CCOC(C)C)CC4)c3)nn2)c1F.CCCS(=O)(=O)Cc1ccc(F)c(-n2cc(-c3ccccc3)nn2)c1F.CCCS(=O)(=O)Cc1ccc(F)c(-n2cc(-c3ccn(C)c3C)nn2)c1F. The van der Waals surface area contributed by atoms with Crippen LogP contribution in [0.25, 0.3) is 67.8 Å². The molecule has 28 nitrogen and oxygen atoms in total. The summed E-state index contributed by atoms with van der Waals surface area (Å²) in [6.45, 7) is 21.8. The van der Waals surface area contributed by atoms with Crippen LogP contribution in [0.1, 0.15) is 108 Å². The highest BCUT2D eigenvalue weighted by atomic mass is 32.2. The summed E-state index contributed by atoms with van der Waals surface area (Å²) >= 11 is 0. The quantitative estimate of drug-likeness (QED) is 0.0366. The zero-order valence-electron chi connectivity index (χ0n) is 72.5. The fraction of sp³-hybridized carbons (Fsp3) is 0.398. The normalized spacial score (nSPS) is 13.7. The molecule has 40 heteroatoms. The van der Waals surface area contributed by atoms with Gasteiger partial charge in [-0.05, 0) is 114 Å². The molecule has 0 saturated carbocycles. The van der Waals surface area contributed by atoms with Gasteiger partial charge in [0.15, 0.2) is 85.9 Å². The van der Waals surface area contributed by atoms with Gasteiger partial charge < -0.3 is 29.2 Å². The summed E-state index contributed by atoms with van der Waals surface area (Å²) in [5.74, 6) is -8.70. The van der Waals surface area contributed by atoms with Crippen molar-refractivity contribution in [2.75, 3.05) is 106 Å². The first-order valence-corrected chi connectivity index (χ1v) is 49.1. The fourth-order valence-corrected chi connectivity index (χ4v) is 20.3. The summed E-state index contributed by atoms with van der Waals surface area (Å²) in [7, 11) is -10.4. The van der Waals surface area contributed by atoms with Crippen molar-refractivity contribution in [2.45, 2.75) is 122 Å². The molecule has 0 aliphatic carbocycles. The van der Waals surface area contributed by atoms with Gasteiger partial charge in [-0.3, -0.25) is 4.90 Å². The molecule has 1 N–H and O–H groups in total. The van der Waals surface area contributed by atoms with Crippen molar-refractivity contribution in [3.05, 3.63) is 233 Å². The van der Waals surface area contributed by atoms with Crippen molar-refractivity contribution in [3.63, 3.8) is 0 Å². The van der Waals surface area contributed by atoms with E-state index in [-0.39, 0.29) is 51.4 Å². The van der Waals surface area contributed by atoms with Crippen molar-refractivity contribution in [2.24, 2.45) is 7.05 Å². The van der Waals surface area contributed by atoms with Crippen molar-refractivity contribution in [1.29, 1.82) is 0 Å². The number of benzene rings is 6. The Labute approximate surface area is 740 Å². The number of ether oxygens (including phenoxy) is 2. The number of piperidine rings is 1. The van der Waals surface area contributed by atoms with Gasteiger partial charge in [0.25, 0.3) is 0 Å². The van der Waals surface area contributed by atoms with Crippen LogP contribution in [0.3, 0.4) is 0 Å². The molecule has 0 spiro atoms. The molecule has 14 rings (SSSR count). The molecular formula is C88H104F8N18O10S4. The highest BCUT2D eigenvalue weighted by Gasteiger charge is 2.29. The number of likely N-dealkylation sites (tertiary alicyclic amines) is 1. The van der Waals surface area contributed by atoms with Crippen LogP contribution in [0, 0.1) is 53.5 Å². The maximum Gasteiger partial charge on any atom is 0.156 e. The van der Waals surface area contributed by atoms with E-state index in [2.05, 4.69) is 66.2 Å². The molecular weight excluding hydrogens is 1750 g/mol. The largest absolute Gasteiger partial charge is 0.383 e. The van der Waals surface area contributed by atoms with Crippen molar-refractivity contribution in [3.8, 4) is 67.8 Å². The second-order valence-electron chi connectivity index (χ2n) is 31.3. The fourth-order valence-electron chi connectivity index (χ4n) is 14.5. The minimum Gasteiger partial charge on any atom is -0.383 e. The minimum atomic E-state index is -3.51. The summed E-state index contributed by atoms with van der Waals surface area (Å²) in [5, 5.41) is 35.1. The standard InChI is InChI=1S/C27H35F2N5O3S.C25H32F2N6O3S.C18H20F2N4O2S.C18H17F2N3O2S/c1-4-16-38(35,36)19-22-8-9-24(28)27(26(22)29)34-18-25(30-31-34)21-6-5-7-23(17-21)33-12-10-32(11-13-33)14-15-37-20(2)3;1-3-14-37(34,35)17-19-4-6-21(26)25(24(19)27)33-16-22(30-31-33)18-5-7-23(28-15-18)29-20-8-10-32(11-9-20)12-13-36-2;1-4-9-27(25,26)11-13-5-6-15(19)18(17(13)20)24-10-16(21-22-24)14-7-8-23(3)12(14)2;1-2-10-26(24,25)12-14-8-9-15(19)18(17(14)20)23-11-16(21-22-23)13-6-4-3-5-7-13/h5-9,17-18,20H,4,10-16,19H2,1-3H3;4-7,15-16,20H,3,8-14,17H2,1-2H3,(H,28,29);5-8,10H,4,9,11H2,1-3H3;3-9,11H,2,10,12H2,1H3. The Morgan fingerprint density at radius 2 is 0.836 bits per heavy atom. The van der Waals surface area contributed by atoms with Crippen LogP contribution in [0.4, 0.5) is 46.6 Å². The second-order valence-corrected chi connectivity index (χ2v) is 40.0. The predicted molar refractivity (Wildman–Crippen MR) is 474 cm³/mol. The van der Waals surface area contributed by atoms with Crippen LogP contribution in [0.2, 0.25) is 0 Å². The van der Waals surface area contributed by atoms with Crippen LogP contribution >= 0.6 is 0 Å². The van der Waals surface area contributed by atoms with Crippen LogP contribution in [0.5, 0.6) is 0 Å². The van der Waals surface area contributed by atoms with Gasteiger partial charge in [-0.15, -0.1) is 20.4 Å². The number of aromatic nitrogens is 14. The molecule has 6 aromatic carbocycles. The van der Waals surface area contributed by atoms with Gasteiger partial charge in [-0.2, -0.15) is 0 Å². The first-order chi connectivity index (χ1) is 61.1. The molecule has 6 aromatic heterocycles. The lowest BCUT2D eigenvalue weighted by atomic mass is 10.1. The van der Waals surface area contributed by atoms with Gasteiger partial charge in [-0.1, -0.05) is 115 Å². The van der Waals surface area contributed by atoms with Crippen LogP contribution in [-0.2, 0) is 78.9 Å². The lowest BCUT2D eigenvalue weighted by Gasteiger charge is -2.36. The molecule has 0 radical (unpaired) electrons. The Morgan fingerprint density at radius 3 is 1.23 bits per heavy atom. The smallest absolute Gasteiger partial charge is 0.156 e. The van der Waals surface area contributed by atoms with Gasteiger partial charge in [0, 0.05) is 141 Å². The van der Waals surface area contributed by atoms with Crippen LogP contribution < -0.4 is 10.2 Å². The molecule has 8 heterocycles. The van der Waals surface area contributed by atoms with Crippen LogP contribution in [-0.4, -0.2) is 221 Å². The Kier molecular flexibility index (Phi) is 33.8. The average Bonchev–Trinajstić information content (AvgIpc) is 1.55. The second kappa shape index (κ2) is 44.3. The van der Waals surface area contributed by atoms with E-state index in [1.807, 2.05) is 99.2 Å². The molecule has 2 aliphatic rings. The zero-order chi connectivity index (χ0) is 92.2. The number of aryl methyl sites for hydroxylation is 1. The Morgan fingerprint density at radius 1 is 0.445 bits per heavy atom. The minimum absolute atomic E-state index is 0.0549. The van der Waals surface area contributed by atoms with Crippen molar-refractivity contribution >= 4 is 50.9 Å². The van der Waals surface area contributed by atoms with Gasteiger partial charge in [0.05, 0.1) is 90.1 Å². The first-order valence-electron chi connectivity index (χ1n) is 41.8. The molecule has 0 bridgehead atoms. The van der Waals surface area contributed by atoms with E-state index in [1.54, 1.807) is 53.1 Å². The number of pyridine rings is 1. The molecule has 128 heavy (non-hydrogen) atoms. The number of hydrogen-bond acceptors (Lipinski definition) is 23. The number of hydrogen-bond donors (Lipinski definition) is 1. The van der Waals surface area contributed by atoms with Gasteiger partial charge in [0.2, 0.25) is 0 Å². The maximum atomic E-state index is 15.2. The van der Waals surface area contributed by atoms with E-state index in [0.717, 1.165) is 173 Å². The lowest BCUT2D eigenvalue weighted by molar-refractivity contribution is 0.0579. The number of halogens is 8. The summed E-state index contributed by atoms with van der Waals surface area (Å²) in [6, 6.07) is 31.5. The number of nitrogens with zero attached hydrogens (tertiary/aromatic N) is 17. The van der Waals surface area contributed by atoms with E-state index >= 15 is 8.78 Å². The molecule has 2 aliphatic heterocycles. The highest BCUT2D eigenvalue weighted by Crippen LogP contribution is 2.33. The summed E-state index contributed by atoms with van der Waals surface area (Å²) in [4.78, 5) is 11.5. The van der Waals surface area contributed by atoms with Gasteiger partial charge >= 0.3 is 0 Å². The molecule has 12 aromatic rings. The van der Waals surface area contributed by atoms with E-state index in [0.29, 0.717) is 60.1 Å². The third-order valence-electron chi connectivity index (χ3n) is 21.1. The zero-order valence-corrected chi connectivity index (χ0v) is 75.7. The molecule has 0 unspecified atom stereocenters. The van der Waals surface area contributed by atoms with Gasteiger partial charge in [0.1, 0.15) is 51.3 Å². The topological polar surface area (TPSA) is 317 Å². The Balaban J connectivity index is 0.000000168. The summed E-state index contributed by atoms with van der Waals surface area (Å²) < 4.78 is 231. The molecule has 2 fully saturated rings. The monoisotopic (exact) mass is 1850 g/mol. The molecule has 2 saturated heterocycles. The third kappa shape index (κ3) is 25.9. The third-order valence-corrected chi connectivity index (χ3v) is 28.2. The highest BCUT2D eigenvalue weighted by molar-refractivity contribution is 7.91. The molecule has 0 atom stereocenters. The number of methoxy groups -OCH3 is 1. The van der Waals surface area contributed by atoms with E-state index in [9.17, 15) is 60.0 Å². The number of sulfone groups is 4. The number of anilines is 2. The number of piperazine rings is 1. The number of nitrogens with one attached hydrogen (secondary N) is 1. The predicted octanol–water partition coefficient (Wildman–Crippen LogP) is 14.3. The lowest BCUT2D eigenvalue weighted by Crippen LogP contribution is -2.47. The summed E-state index contributed by atoms with van der Waals surface area (Å²) in [5.41, 5.74) is 4.51. The van der Waals surface area contributed by atoms with Crippen molar-refractivity contribution in [1.82, 2.24) is 79.3 Å². The van der Waals surface area contributed by atoms with Gasteiger partial charge in [-0.25, -0.2) is 92.5 Å². The van der Waals surface area contributed by atoms with E-state index in [1.165, 1.54) is 30.9 Å². The maximum absolute atomic E-state index is 15.2.